The Hall–Kier alpha value is -2.18. The van der Waals surface area contributed by atoms with Crippen molar-refractivity contribution in [2.45, 2.75) is 57.9 Å². The van der Waals surface area contributed by atoms with E-state index in [-0.39, 0.29) is 5.91 Å². The Morgan fingerprint density at radius 2 is 2.00 bits per heavy atom. The molecule has 0 radical (unpaired) electrons. The molecule has 1 amide bonds. The maximum absolute atomic E-state index is 12.7. The van der Waals surface area contributed by atoms with Crippen LogP contribution in [0, 0.1) is 6.92 Å². The molecular weight excluding hydrogens is 304 g/mol. The number of amides is 1. The topological polar surface area (TPSA) is 79.7 Å². The number of carbonyl (C=O) groups is 1. The minimum absolute atomic E-state index is 0.0990. The zero-order valence-electron chi connectivity index (χ0n) is 14.3. The predicted molar refractivity (Wildman–Crippen MR) is 88.9 cm³/mol. The van der Waals surface area contributed by atoms with Gasteiger partial charge >= 0.3 is 0 Å². The molecule has 0 aromatic carbocycles. The summed E-state index contributed by atoms with van der Waals surface area (Å²) in [6, 6.07) is 0. The summed E-state index contributed by atoms with van der Waals surface area (Å²) in [5, 5.41) is 11.7. The van der Waals surface area contributed by atoms with Crippen molar-refractivity contribution in [2.24, 2.45) is 0 Å². The summed E-state index contributed by atoms with van der Waals surface area (Å²) in [5.41, 5.74) is 1.68. The number of carbonyl (C=O) groups excluding carboxylic acids is 1. The van der Waals surface area contributed by atoms with E-state index < -0.39 is 0 Å². The van der Waals surface area contributed by atoms with Crippen molar-refractivity contribution in [3.8, 4) is 0 Å². The average molecular weight is 328 g/mol. The Labute approximate surface area is 141 Å². The van der Waals surface area contributed by atoms with E-state index in [1.54, 1.807) is 6.20 Å². The van der Waals surface area contributed by atoms with E-state index in [0.29, 0.717) is 11.8 Å². The van der Waals surface area contributed by atoms with Crippen molar-refractivity contribution in [2.75, 3.05) is 13.1 Å². The monoisotopic (exact) mass is 328 g/mol. The highest BCUT2D eigenvalue weighted by molar-refractivity contribution is 5.95. The quantitative estimate of drug-likeness (QED) is 0.933. The minimum Gasteiger partial charge on any atom is -0.338 e. The lowest BCUT2D eigenvalue weighted by atomic mass is 9.95. The van der Waals surface area contributed by atoms with E-state index in [9.17, 15) is 4.79 Å². The van der Waals surface area contributed by atoms with Crippen LogP contribution in [0.15, 0.2) is 6.20 Å². The third-order valence-corrected chi connectivity index (χ3v) is 5.26. The van der Waals surface area contributed by atoms with Crippen molar-refractivity contribution in [1.29, 1.82) is 0 Å². The number of nitrogens with one attached hydrogen (secondary N) is 1. The van der Waals surface area contributed by atoms with Crippen molar-refractivity contribution < 1.29 is 4.79 Å². The highest BCUT2D eigenvalue weighted by Crippen LogP contribution is 2.38. The number of rotatable bonds is 4. The van der Waals surface area contributed by atoms with Crippen LogP contribution in [0.25, 0.3) is 0 Å². The van der Waals surface area contributed by atoms with Gasteiger partial charge in [0.25, 0.3) is 5.91 Å². The second kappa shape index (κ2) is 6.03. The zero-order chi connectivity index (χ0) is 16.7. The predicted octanol–water partition coefficient (Wildman–Crippen LogP) is 2.23. The third-order valence-electron chi connectivity index (χ3n) is 5.26. The summed E-state index contributed by atoms with van der Waals surface area (Å²) in [6.45, 7) is 6.31. The fourth-order valence-electron chi connectivity index (χ4n) is 3.50. The van der Waals surface area contributed by atoms with Crippen LogP contribution in [-0.2, 0) is 6.54 Å². The molecule has 1 saturated heterocycles. The molecule has 2 aromatic heterocycles. The number of hydrogen-bond donors (Lipinski definition) is 1. The number of aromatic amines is 1. The third kappa shape index (κ3) is 2.72. The SMILES string of the molecule is CCn1ncc(C(=O)N2CCC(c3nc(C4CC4)n[nH]3)CC2)c1C. The highest BCUT2D eigenvalue weighted by Gasteiger charge is 2.31. The number of aryl methyl sites for hydroxylation is 1. The second-order valence-corrected chi connectivity index (χ2v) is 6.88. The number of nitrogens with zero attached hydrogens (tertiary/aromatic N) is 5. The van der Waals surface area contributed by atoms with Crippen LogP contribution in [0.2, 0.25) is 0 Å². The highest BCUT2D eigenvalue weighted by atomic mass is 16.2. The normalized spacial score (nSPS) is 19.0. The number of aromatic nitrogens is 5. The number of H-pyrrole nitrogens is 1. The summed E-state index contributed by atoms with van der Waals surface area (Å²) in [6.07, 6.45) is 6.01. The first-order valence-corrected chi connectivity index (χ1v) is 8.91. The van der Waals surface area contributed by atoms with E-state index >= 15 is 0 Å². The van der Waals surface area contributed by atoms with E-state index in [1.165, 1.54) is 12.8 Å². The van der Waals surface area contributed by atoms with Gasteiger partial charge in [0.2, 0.25) is 0 Å². The van der Waals surface area contributed by atoms with Crippen LogP contribution in [0.5, 0.6) is 0 Å². The molecule has 0 unspecified atom stereocenters. The lowest BCUT2D eigenvalue weighted by Gasteiger charge is -2.31. The van der Waals surface area contributed by atoms with E-state index in [2.05, 4.69) is 20.3 Å². The van der Waals surface area contributed by atoms with Gasteiger partial charge in [0.05, 0.1) is 11.8 Å². The Bertz CT molecular complexity index is 736. The fourth-order valence-corrected chi connectivity index (χ4v) is 3.50. The maximum Gasteiger partial charge on any atom is 0.257 e. The molecule has 7 nitrogen and oxygen atoms in total. The number of piperidine rings is 1. The lowest BCUT2D eigenvalue weighted by molar-refractivity contribution is 0.0710. The Balaban J connectivity index is 1.39. The molecule has 24 heavy (non-hydrogen) atoms. The van der Waals surface area contributed by atoms with Gasteiger partial charge in [-0.2, -0.15) is 10.2 Å². The summed E-state index contributed by atoms with van der Waals surface area (Å²) in [5.74, 6) is 3.04. The molecule has 2 aliphatic rings. The minimum atomic E-state index is 0.0990. The Morgan fingerprint density at radius 3 is 2.62 bits per heavy atom. The molecule has 1 N–H and O–H groups in total. The molecule has 0 atom stereocenters. The van der Waals surface area contributed by atoms with Crippen LogP contribution >= 0.6 is 0 Å². The maximum atomic E-state index is 12.7. The summed E-state index contributed by atoms with van der Waals surface area (Å²) >= 11 is 0. The summed E-state index contributed by atoms with van der Waals surface area (Å²) < 4.78 is 1.87. The molecule has 7 heteroatoms. The van der Waals surface area contributed by atoms with E-state index in [4.69, 9.17) is 0 Å². The standard InChI is InChI=1S/C17H24N6O/c1-3-23-11(2)14(10-18-23)17(24)22-8-6-13(7-9-22)16-19-15(20-21-16)12-4-5-12/h10,12-13H,3-9H2,1-2H3,(H,19,20,21). The van der Waals surface area contributed by atoms with E-state index in [0.717, 1.165) is 55.4 Å². The molecule has 1 saturated carbocycles. The molecule has 1 aliphatic heterocycles. The van der Waals surface area contributed by atoms with Crippen molar-refractivity contribution in [3.63, 3.8) is 0 Å². The van der Waals surface area contributed by atoms with Crippen molar-refractivity contribution >= 4 is 5.91 Å². The first-order valence-electron chi connectivity index (χ1n) is 8.91. The van der Waals surface area contributed by atoms with Gasteiger partial charge in [-0.15, -0.1) is 0 Å². The van der Waals surface area contributed by atoms with Crippen molar-refractivity contribution in [1.82, 2.24) is 29.9 Å². The van der Waals surface area contributed by atoms with Crippen molar-refractivity contribution in [3.05, 3.63) is 29.1 Å². The second-order valence-electron chi connectivity index (χ2n) is 6.88. The van der Waals surface area contributed by atoms with Gasteiger partial charge in [-0.25, -0.2) is 4.98 Å². The van der Waals surface area contributed by atoms with E-state index in [1.807, 2.05) is 23.4 Å². The number of likely N-dealkylation sites (tertiary alicyclic amines) is 1. The van der Waals surface area contributed by atoms with Gasteiger partial charge in [0.15, 0.2) is 5.82 Å². The average Bonchev–Trinajstić information content (AvgIpc) is 3.22. The van der Waals surface area contributed by atoms with Crippen LogP contribution in [0.1, 0.15) is 72.1 Å². The van der Waals surface area contributed by atoms with Gasteiger partial charge in [-0.1, -0.05) is 0 Å². The molecule has 0 bridgehead atoms. The van der Waals surface area contributed by atoms with Crippen LogP contribution in [0.4, 0.5) is 0 Å². The molecular formula is C17H24N6O. The molecule has 128 valence electrons. The first-order chi connectivity index (χ1) is 11.7. The van der Waals surface area contributed by atoms with Crippen LogP contribution in [0.3, 0.4) is 0 Å². The Kier molecular flexibility index (Phi) is 3.86. The molecule has 0 spiro atoms. The van der Waals surface area contributed by atoms with Gasteiger partial charge < -0.3 is 4.90 Å². The van der Waals surface area contributed by atoms with Crippen LogP contribution < -0.4 is 0 Å². The van der Waals surface area contributed by atoms with Crippen LogP contribution in [-0.4, -0.2) is 48.9 Å². The molecule has 2 aromatic rings. The molecule has 4 rings (SSSR count). The summed E-state index contributed by atoms with van der Waals surface area (Å²) in [7, 11) is 0. The lowest BCUT2D eigenvalue weighted by Crippen LogP contribution is -2.38. The molecule has 2 fully saturated rings. The van der Waals surface area contributed by atoms with Gasteiger partial charge in [0, 0.05) is 37.2 Å². The molecule has 1 aliphatic carbocycles. The first kappa shape index (κ1) is 15.4. The van der Waals surface area contributed by atoms with Gasteiger partial charge in [-0.3, -0.25) is 14.6 Å². The zero-order valence-corrected chi connectivity index (χ0v) is 14.3. The Morgan fingerprint density at radius 1 is 1.25 bits per heavy atom. The number of hydrogen-bond acceptors (Lipinski definition) is 4. The van der Waals surface area contributed by atoms with Gasteiger partial charge in [-0.05, 0) is 39.5 Å². The van der Waals surface area contributed by atoms with Gasteiger partial charge in [0.1, 0.15) is 5.82 Å². The largest absolute Gasteiger partial charge is 0.338 e. The smallest absolute Gasteiger partial charge is 0.257 e. The fraction of sp³-hybridized carbons (Fsp3) is 0.647. The molecule has 3 heterocycles. The summed E-state index contributed by atoms with van der Waals surface area (Å²) in [4.78, 5) is 19.3.